The number of nitrogens with zero attached hydrogens (tertiary/aromatic N) is 1. The second kappa shape index (κ2) is 6.78. The molecule has 1 aliphatic carbocycles. The molecule has 0 atom stereocenters. The molecule has 2 N–H and O–H groups in total. The van der Waals surface area contributed by atoms with Crippen LogP contribution < -0.4 is 5.32 Å². The molecular weight excluding hydrogens is 244 g/mol. The summed E-state index contributed by atoms with van der Waals surface area (Å²) in [4.78, 5) is 23.7. The first-order chi connectivity index (χ1) is 8.83. The van der Waals surface area contributed by atoms with E-state index in [2.05, 4.69) is 19.2 Å². The maximum absolute atomic E-state index is 11.8. The van der Waals surface area contributed by atoms with Gasteiger partial charge in [-0.05, 0) is 24.2 Å². The van der Waals surface area contributed by atoms with Gasteiger partial charge in [-0.2, -0.15) is 0 Å². The van der Waals surface area contributed by atoms with Gasteiger partial charge in [0.1, 0.15) is 0 Å². The van der Waals surface area contributed by atoms with Crippen LogP contribution in [0.5, 0.6) is 0 Å². The number of carboxylic acids is 1. The van der Waals surface area contributed by atoms with Crippen molar-refractivity contribution in [3.8, 4) is 0 Å². The molecule has 0 bridgehead atoms. The van der Waals surface area contributed by atoms with Crippen molar-refractivity contribution >= 4 is 12.0 Å². The number of carboxylic acid groups (broad SMARTS) is 1. The minimum absolute atomic E-state index is 0.0179. The zero-order chi connectivity index (χ0) is 14.5. The lowest BCUT2D eigenvalue weighted by Gasteiger charge is -2.32. The Morgan fingerprint density at radius 1 is 1.32 bits per heavy atom. The van der Waals surface area contributed by atoms with E-state index in [1.165, 1.54) is 30.6 Å². The Hall–Kier alpha value is -1.26. The highest BCUT2D eigenvalue weighted by Crippen LogP contribution is 2.38. The molecular formula is C14H26N2O3. The van der Waals surface area contributed by atoms with E-state index in [1.54, 1.807) is 7.05 Å². The summed E-state index contributed by atoms with van der Waals surface area (Å²) in [6, 6.07) is -0.188. The lowest BCUT2D eigenvalue weighted by atomic mass is 9.78. The summed E-state index contributed by atoms with van der Waals surface area (Å²) in [6.07, 6.45) is 5.06. The highest BCUT2D eigenvalue weighted by Gasteiger charge is 2.32. The number of carbonyl (C=O) groups is 2. The van der Waals surface area contributed by atoms with Crippen molar-refractivity contribution in [2.24, 2.45) is 11.3 Å². The topological polar surface area (TPSA) is 69.6 Å². The van der Waals surface area contributed by atoms with Crippen molar-refractivity contribution in [1.82, 2.24) is 10.2 Å². The second-order valence-corrected chi connectivity index (χ2v) is 6.19. The Morgan fingerprint density at radius 3 is 2.42 bits per heavy atom. The van der Waals surface area contributed by atoms with E-state index in [4.69, 9.17) is 5.11 Å². The monoisotopic (exact) mass is 270 g/mol. The summed E-state index contributed by atoms with van der Waals surface area (Å²) in [7, 11) is 1.63. The van der Waals surface area contributed by atoms with Crippen LogP contribution in [-0.2, 0) is 4.79 Å². The number of hydrogen-bond acceptors (Lipinski definition) is 2. The molecule has 0 unspecified atom stereocenters. The highest BCUT2D eigenvalue weighted by molar-refractivity contribution is 5.75. The zero-order valence-electron chi connectivity index (χ0n) is 12.2. The van der Waals surface area contributed by atoms with Gasteiger partial charge in [-0.3, -0.25) is 4.79 Å². The lowest BCUT2D eigenvalue weighted by Crippen LogP contribution is -2.44. The SMILES string of the molecule is CN(CCC(=O)O)C(=O)NCC(C)(C)C1CCCC1. The Labute approximate surface area is 115 Å². The van der Waals surface area contributed by atoms with Gasteiger partial charge >= 0.3 is 12.0 Å². The van der Waals surface area contributed by atoms with E-state index < -0.39 is 5.97 Å². The minimum atomic E-state index is -0.883. The first-order valence-corrected chi connectivity index (χ1v) is 7.03. The van der Waals surface area contributed by atoms with Crippen LogP contribution in [0, 0.1) is 11.3 Å². The molecule has 19 heavy (non-hydrogen) atoms. The molecule has 0 heterocycles. The van der Waals surface area contributed by atoms with Crippen LogP contribution in [0.3, 0.4) is 0 Å². The Balaban J connectivity index is 2.33. The van der Waals surface area contributed by atoms with Crippen molar-refractivity contribution in [2.75, 3.05) is 20.1 Å². The van der Waals surface area contributed by atoms with Gasteiger partial charge < -0.3 is 15.3 Å². The number of amides is 2. The van der Waals surface area contributed by atoms with Crippen LogP contribution in [0.1, 0.15) is 46.0 Å². The largest absolute Gasteiger partial charge is 0.481 e. The lowest BCUT2D eigenvalue weighted by molar-refractivity contribution is -0.137. The van der Waals surface area contributed by atoms with E-state index in [-0.39, 0.29) is 24.4 Å². The fourth-order valence-corrected chi connectivity index (χ4v) is 2.65. The maximum atomic E-state index is 11.8. The molecule has 0 aliphatic heterocycles. The molecule has 5 heteroatoms. The smallest absolute Gasteiger partial charge is 0.317 e. The minimum Gasteiger partial charge on any atom is -0.481 e. The third-order valence-corrected chi connectivity index (χ3v) is 4.16. The van der Waals surface area contributed by atoms with Gasteiger partial charge in [-0.15, -0.1) is 0 Å². The number of carbonyl (C=O) groups excluding carboxylic acids is 1. The molecule has 0 saturated heterocycles. The molecule has 0 spiro atoms. The van der Waals surface area contributed by atoms with Crippen molar-refractivity contribution in [3.05, 3.63) is 0 Å². The summed E-state index contributed by atoms with van der Waals surface area (Å²) in [5, 5.41) is 11.5. The van der Waals surface area contributed by atoms with Crippen molar-refractivity contribution in [3.63, 3.8) is 0 Å². The fraction of sp³-hybridized carbons (Fsp3) is 0.857. The average Bonchev–Trinajstić information content (AvgIpc) is 2.87. The molecule has 2 amide bonds. The Morgan fingerprint density at radius 2 is 1.89 bits per heavy atom. The summed E-state index contributed by atoms with van der Waals surface area (Å²) in [5.41, 5.74) is 0.111. The van der Waals surface area contributed by atoms with Gasteiger partial charge in [-0.1, -0.05) is 26.7 Å². The standard InChI is InChI=1S/C14H26N2O3/c1-14(2,11-6-4-5-7-11)10-15-13(19)16(3)9-8-12(17)18/h11H,4-10H2,1-3H3,(H,15,19)(H,17,18). The second-order valence-electron chi connectivity index (χ2n) is 6.19. The Kier molecular flexibility index (Phi) is 5.63. The molecule has 1 aliphatic rings. The predicted octanol–water partition coefficient (Wildman–Crippen LogP) is 2.32. The molecule has 1 rings (SSSR count). The van der Waals surface area contributed by atoms with Gasteiger partial charge in [0.2, 0.25) is 0 Å². The number of rotatable bonds is 6. The summed E-state index contributed by atoms with van der Waals surface area (Å²) >= 11 is 0. The first-order valence-electron chi connectivity index (χ1n) is 7.03. The van der Waals surface area contributed by atoms with Crippen molar-refractivity contribution in [1.29, 1.82) is 0 Å². The fourth-order valence-electron chi connectivity index (χ4n) is 2.65. The van der Waals surface area contributed by atoms with Crippen molar-refractivity contribution < 1.29 is 14.7 Å². The highest BCUT2D eigenvalue weighted by atomic mass is 16.4. The molecule has 0 radical (unpaired) electrons. The van der Waals surface area contributed by atoms with Crippen molar-refractivity contribution in [2.45, 2.75) is 46.0 Å². The van der Waals surface area contributed by atoms with E-state index in [1.807, 2.05) is 0 Å². The van der Waals surface area contributed by atoms with Gasteiger partial charge in [0, 0.05) is 20.1 Å². The number of aliphatic carboxylic acids is 1. The molecule has 0 aromatic rings. The Bertz CT molecular complexity index is 323. The number of urea groups is 1. The molecule has 5 nitrogen and oxygen atoms in total. The van der Waals surface area contributed by atoms with E-state index in [0.29, 0.717) is 12.5 Å². The predicted molar refractivity (Wildman–Crippen MR) is 74.0 cm³/mol. The number of nitrogens with one attached hydrogen (secondary N) is 1. The van der Waals surface area contributed by atoms with Crippen LogP contribution in [0.25, 0.3) is 0 Å². The molecule has 1 saturated carbocycles. The third-order valence-electron chi connectivity index (χ3n) is 4.16. The molecule has 1 fully saturated rings. The van der Waals surface area contributed by atoms with Gasteiger partial charge in [0.15, 0.2) is 0 Å². The third kappa shape index (κ3) is 5.09. The molecule has 110 valence electrons. The van der Waals surface area contributed by atoms with E-state index in [9.17, 15) is 9.59 Å². The zero-order valence-corrected chi connectivity index (χ0v) is 12.2. The summed E-state index contributed by atoms with van der Waals surface area (Å²) in [6.45, 7) is 5.28. The van der Waals surface area contributed by atoms with Crippen LogP contribution in [0.15, 0.2) is 0 Å². The average molecular weight is 270 g/mol. The summed E-state index contributed by atoms with van der Waals surface area (Å²) < 4.78 is 0. The van der Waals surface area contributed by atoms with Gasteiger partial charge in [0.05, 0.1) is 6.42 Å². The number of hydrogen-bond donors (Lipinski definition) is 2. The van der Waals surface area contributed by atoms with E-state index >= 15 is 0 Å². The molecule has 0 aromatic heterocycles. The van der Waals surface area contributed by atoms with Gasteiger partial charge in [-0.25, -0.2) is 4.79 Å². The van der Waals surface area contributed by atoms with Crippen LogP contribution in [0.2, 0.25) is 0 Å². The van der Waals surface area contributed by atoms with E-state index in [0.717, 1.165) is 0 Å². The maximum Gasteiger partial charge on any atom is 0.317 e. The quantitative estimate of drug-likeness (QED) is 0.778. The first kappa shape index (κ1) is 15.8. The van der Waals surface area contributed by atoms with Crippen LogP contribution in [0.4, 0.5) is 4.79 Å². The summed E-state index contributed by atoms with van der Waals surface area (Å²) in [5.74, 6) is -0.205. The van der Waals surface area contributed by atoms with Crippen LogP contribution >= 0.6 is 0 Å². The van der Waals surface area contributed by atoms with Crippen LogP contribution in [-0.4, -0.2) is 42.1 Å². The van der Waals surface area contributed by atoms with Gasteiger partial charge in [0.25, 0.3) is 0 Å². The molecule has 0 aromatic carbocycles. The normalized spacial score (nSPS) is 16.4.